The summed E-state index contributed by atoms with van der Waals surface area (Å²) in [4.78, 5) is 4.33. The zero-order chi connectivity index (χ0) is 11.0. The molecule has 80 valence electrons. The molecule has 0 atom stereocenters. The van der Waals surface area contributed by atoms with Gasteiger partial charge in [0.1, 0.15) is 0 Å². The van der Waals surface area contributed by atoms with E-state index in [2.05, 4.69) is 40.6 Å². The van der Waals surface area contributed by atoms with Gasteiger partial charge in [-0.15, -0.1) is 0 Å². The summed E-state index contributed by atoms with van der Waals surface area (Å²) < 4.78 is 0. The molecule has 0 bridgehead atoms. The van der Waals surface area contributed by atoms with Crippen molar-refractivity contribution < 1.29 is 0 Å². The molecule has 1 N–H and O–H groups in total. The molecule has 0 fully saturated rings. The van der Waals surface area contributed by atoms with Crippen LogP contribution in [0.5, 0.6) is 0 Å². The fourth-order valence-electron chi connectivity index (χ4n) is 2.12. The lowest BCUT2D eigenvalue weighted by Gasteiger charge is -2.05. The topological polar surface area (TPSA) is 24.9 Å². The first-order valence-corrected chi connectivity index (χ1v) is 5.63. The molecule has 2 heteroatoms. The Morgan fingerprint density at radius 1 is 1.12 bits per heavy atom. The van der Waals surface area contributed by atoms with E-state index in [-0.39, 0.29) is 0 Å². The number of nitrogens with one attached hydrogen (secondary N) is 1. The third kappa shape index (κ3) is 1.56. The minimum atomic E-state index is 1.06. The lowest BCUT2D eigenvalue weighted by Crippen LogP contribution is -1.90. The quantitative estimate of drug-likeness (QED) is 0.782. The molecule has 0 saturated carbocycles. The van der Waals surface area contributed by atoms with E-state index in [1.165, 1.54) is 22.4 Å². The van der Waals surface area contributed by atoms with Gasteiger partial charge in [0.25, 0.3) is 0 Å². The molecule has 3 rings (SSSR count). The van der Waals surface area contributed by atoms with Crippen LogP contribution < -0.4 is 5.32 Å². The number of aryl methyl sites for hydroxylation is 1. The normalized spacial score (nSPS) is 13.3. The average molecular weight is 210 g/mol. The highest BCUT2D eigenvalue weighted by Crippen LogP contribution is 2.28. The molecule has 0 aliphatic carbocycles. The van der Waals surface area contributed by atoms with E-state index in [0.29, 0.717) is 0 Å². The number of hydrogen-bond donors (Lipinski definition) is 1. The molecular weight excluding hydrogens is 196 g/mol. The van der Waals surface area contributed by atoms with E-state index >= 15 is 0 Å². The summed E-state index contributed by atoms with van der Waals surface area (Å²) in [6, 6.07) is 10.8. The van der Waals surface area contributed by atoms with E-state index in [4.69, 9.17) is 0 Å². The maximum atomic E-state index is 4.33. The third-order valence-corrected chi connectivity index (χ3v) is 3.06. The summed E-state index contributed by atoms with van der Waals surface area (Å²) in [5, 5.41) is 3.37. The number of anilines is 1. The van der Waals surface area contributed by atoms with Gasteiger partial charge in [-0.2, -0.15) is 0 Å². The predicted octanol–water partition coefficient (Wildman–Crippen LogP) is 3.03. The fourth-order valence-corrected chi connectivity index (χ4v) is 2.12. The van der Waals surface area contributed by atoms with Crippen LogP contribution in [0, 0.1) is 6.92 Å². The van der Waals surface area contributed by atoms with Crippen LogP contribution in [0.15, 0.2) is 36.5 Å². The van der Waals surface area contributed by atoms with Crippen molar-refractivity contribution in [2.24, 2.45) is 0 Å². The Hall–Kier alpha value is -1.83. The molecule has 0 spiro atoms. The molecule has 0 radical (unpaired) electrons. The molecule has 2 nitrogen and oxygen atoms in total. The van der Waals surface area contributed by atoms with Gasteiger partial charge in [-0.05, 0) is 42.7 Å². The van der Waals surface area contributed by atoms with Crippen molar-refractivity contribution in [2.75, 3.05) is 11.9 Å². The monoisotopic (exact) mass is 210 g/mol. The van der Waals surface area contributed by atoms with Crippen LogP contribution in [0.25, 0.3) is 11.1 Å². The minimum Gasteiger partial charge on any atom is -0.384 e. The second-order valence-electron chi connectivity index (χ2n) is 4.24. The maximum absolute atomic E-state index is 4.33. The molecular formula is C14H14N2. The van der Waals surface area contributed by atoms with Crippen LogP contribution in [0.2, 0.25) is 0 Å². The molecule has 16 heavy (non-hydrogen) atoms. The highest BCUT2D eigenvalue weighted by Gasteiger charge is 2.10. The summed E-state index contributed by atoms with van der Waals surface area (Å²) in [5.41, 5.74) is 6.21. The van der Waals surface area contributed by atoms with E-state index in [0.717, 1.165) is 18.7 Å². The predicted molar refractivity (Wildman–Crippen MR) is 66.6 cm³/mol. The van der Waals surface area contributed by atoms with Crippen molar-refractivity contribution in [1.82, 2.24) is 4.98 Å². The SMILES string of the molecule is Cc1ccc(-c2ccc3c(c2)CCN3)cn1. The zero-order valence-corrected chi connectivity index (χ0v) is 9.33. The first kappa shape index (κ1) is 9.40. The maximum Gasteiger partial charge on any atom is 0.0373 e. The van der Waals surface area contributed by atoms with Crippen molar-refractivity contribution in [3.05, 3.63) is 47.8 Å². The van der Waals surface area contributed by atoms with Crippen molar-refractivity contribution in [2.45, 2.75) is 13.3 Å². The van der Waals surface area contributed by atoms with Crippen LogP contribution in [-0.4, -0.2) is 11.5 Å². The molecule has 2 heterocycles. The largest absolute Gasteiger partial charge is 0.384 e. The number of hydrogen-bond acceptors (Lipinski definition) is 2. The van der Waals surface area contributed by atoms with Gasteiger partial charge in [-0.1, -0.05) is 12.1 Å². The van der Waals surface area contributed by atoms with Crippen molar-refractivity contribution >= 4 is 5.69 Å². The van der Waals surface area contributed by atoms with Gasteiger partial charge in [0.2, 0.25) is 0 Å². The highest BCUT2D eigenvalue weighted by molar-refractivity contribution is 5.69. The van der Waals surface area contributed by atoms with Crippen LogP contribution in [0.4, 0.5) is 5.69 Å². The molecule has 2 aromatic rings. The van der Waals surface area contributed by atoms with Gasteiger partial charge in [0, 0.05) is 29.7 Å². The smallest absolute Gasteiger partial charge is 0.0373 e. The van der Waals surface area contributed by atoms with Crippen LogP contribution in [0.3, 0.4) is 0 Å². The summed E-state index contributed by atoms with van der Waals surface area (Å²) in [6.07, 6.45) is 3.07. The van der Waals surface area contributed by atoms with E-state index in [1.54, 1.807) is 0 Å². The Morgan fingerprint density at radius 2 is 2.00 bits per heavy atom. The second kappa shape index (κ2) is 3.63. The van der Waals surface area contributed by atoms with Gasteiger partial charge in [0.15, 0.2) is 0 Å². The van der Waals surface area contributed by atoms with Gasteiger partial charge in [-0.25, -0.2) is 0 Å². The Kier molecular flexibility index (Phi) is 2.13. The van der Waals surface area contributed by atoms with Gasteiger partial charge < -0.3 is 5.32 Å². The molecule has 1 aromatic heterocycles. The van der Waals surface area contributed by atoms with E-state index < -0.39 is 0 Å². The van der Waals surface area contributed by atoms with Crippen molar-refractivity contribution in [3.63, 3.8) is 0 Å². The number of rotatable bonds is 1. The number of aromatic nitrogens is 1. The van der Waals surface area contributed by atoms with E-state index in [9.17, 15) is 0 Å². The number of pyridine rings is 1. The first-order chi connectivity index (χ1) is 7.83. The Labute approximate surface area is 95.3 Å². The number of fused-ring (bicyclic) bond motifs is 1. The van der Waals surface area contributed by atoms with Crippen LogP contribution in [-0.2, 0) is 6.42 Å². The summed E-state index contributed by atoms with van der Waals surface area (Å²) in [6.45, 7) is 3.07. The van der Waals surface area contributed by atoms with Crippen LogP contribution >= 0.6 is 0 Å². The van der Waals surface area contributed by atoms with Crippen molar-refractivity contribution in [3.8, 4) is 11.1 Å². The van der Waals surface area contributed by atoms with Gasteiger partial charge in [0.05, 0.1) is 0 Å². The Balaban J connectivity index is 2.03. The third-order valence-electron chi connectivity index (χ3n) is 3.06. The Bertz CT molecular complexity index is 515. The molecule has 0 unspecified atom stereocenters. The second-order valence-corrected chi connectivity index (χ2v) is 4.24. The minimum absolute atomic E-state index is 1.06. The molecule has 0 amide bonds. The molecule has 1 aliphatic heterocycles. The lowest BCUT2D eigenvalue weighted by atomic mass is 10.0. The standard InChI is InChI=1S/C14H14N2/c1-10-2-3-13(9-16-10)11-4-5-14-12(8-11)6-7-15-14/h2-5,8-9,15H,6-7H2,1H3. The summed E-state index contributed by atoms with van der Waals surface area (Å²) in [7, 11) is 0. The molecule has 0 saturated heterocycles. The van der Waals surface area contributed by atoms with Gasteiger partial charge >= 0.3 is 0 Å². The summed E-state index contributed by atoms with van der Waals surface area (Å²) in [5.74, 6) is 0. The number of benzene rings is 1. The fraction of sp³-hybridized carbons (Fsp3) is 0.214. The Morgan fingerprint density at radius 3 is 2.81 bits per heavy atom. The van der Waals surface area contributed by atoms with Gasteiger partial charge in [-0.3, -0.25) is 4.98 Å². The first-order valence-electron chi connectivity index (χ1n) is 5.63. The molecule has 1 aromatic carbocycles. The molecule has 1 aliphatic rings. The average Bonchev–Trinajstić information content (AvgIpc) is 2.77. The van der Waals surface area contributed by atoms with Crippen molar-refractivity contribution in [1.29, 1.82) is 0 Å². The lowest BCUT2D eigenvalue weighted by molar-refractivity contribution is 1.11. The number of nitrogens with zero attached hydrogens (tertiary/aromatic N) is 1. The highest BCUT2D eigenvalue weighted by atomic mass is 14.9. The zero-order valence-electron chi connectivity index (χ0n) is 9.33. The van der Waals surface area contributed by atoms with E-state index in [1.807, 2.05) is 13.1 Å². The summed E-state index contributed by atoms with van der Waals surface area (Å²) >= 11 is 0. The van der Waals surface area contributed by atoms with Crippen LogP contribution in [0.1, 0.15) is 11.3 Å².